The van der Waals surface area contributed by atoms with E-state index in [2.05, 4.69) is 0 Å². The summed E-state index contributed by atoms with van der Waals surface area (Å²) in [5.41, 5.74) is 5.35. The topological polar surface area (TPSA) is 81.8 Å². The minimum absolute atomic E-state index is 0.162. The third kappa shape index (κ3) is 4.04. The van der Waals surface area contributed by atoms with Gasteiger partial charge in [0, 0.05) is 0 Å². The summed E-state index contributed by atoms with van der Waals surface area (Å²) in [6.07, 6.45) is 2.69. The summed E-state index contributed by atoms with van der Waals surface area (Å²) >= 11 is 0. The first-order valence-corrected chi connectivity index (χ1v) is 4.91. The van der Waals surface area contributed by atoms with Gasteiger partial charge in [0.1, 0.15) is 6.04 Å². The lowest BCUT2D eigenvalue weighted by Gasteiger charge is -2.23. The molecule has 1 heterocycles. The standard InChI is InChI=1S/C9H17NO4/c10-7(9(11)12)3-1-4-8-13-5-2-6-14-8/h7-8H,1-6,10H2,(H,11,12)/t7-/m0/s1. The fourth-order valence-corrected chi connectivity index (χ4v) is 1.33. The van der Waals surface area contributed by atoms with Gasteiger partial charge < -0.3 is 20.3 Å². The summed E-state index contributed by atoms with van der Waals surface area (Å²) < 4.78 is 10.6. The maximum atomic E-state index is 10.4. The van der Waals surface area contributed by atoms with Gasteiger partial charge in [-0.1, -0.05) is 0 Å². The molecule has 1 saturated heterocycles. The van der Waals surface area contributed by atoms with E-state index < -0.39 is 12.0 Å². The fraction of sp³-hybridized carbons (Fsp3) is 0.889. The van der Waals surface area contributed by atoms with Gasteiger partial charge in [-0.15, -0.1) is 0 Å². The fourth-order valence-electron chi connectivity index (χ4n) is 1.33. The van der Waals surface area contributed by atoms with E-state index in [1.54, 1.807) is 0 Å². The molecule has 0 unspecified atom stereocenters. The smallest absolute Gasteiger partial charge is 0.320 e. The number of carboxylic acid groups (broad SMARTS) is 1. The van der Waals surface area contributed by atoms with Crippen molar-refractivity contribution in [3.8, 4) is 0 Å². The van der Waals surface area contributed by atoms with Crippen molar-refractivity contribution in [1.82, 2.24) is 0 Å². The molecular formula is C9H17NO4. The average Bonchev–Trinajstić information content (AvgIpc) is 2.19. The van der Waals surface area contributed by atoms with Gasteiger partial charge in [-0.05, 0) is 25.7 Å². The van der Waals surface area contributed by atoms with E-state index in [0.717, 1.165) is 32.5 Å². The summed E-state index contributed by atoms with van der Waals surface area (Å²) in [6, 6.07) is -0.765. The maximum Gasteiger partial charge on any atom is 0.320 e. The Kier molecular flexibility index (Phi) is 4.86. The zero-order chi connectivity index (χ0) is 10.4. The molecule has 0 bridgehead atoms. The van der Waals surface area contributed by atoms with Gasteiger partial charge in [0.15, 0.2) is 6.29 Å². The third-order valence-electron chi connectivity index (χ3n) is 2.17. The van der Waals surface area contributed by atoms with E-state index >= 15 is 0 Å². The Morgan fingerprint density at radius 1 is 1.50 bits per heavy atom. The van der Waals surface area contributed by atoms with Gasteiger partial charge in [0.2, 0.25) is 0 Å². The minimum Gasteiger partial charge on any atom is -0.480 e. The van der Waals surface area contributed by atoms with Crippen LogP contribution in [0.3, 0.4) is 0 Å². The highest BCUT2D eigenvalue weighted by Gasteiger charge is 2.16. The van der Waals surface area contributed by atoms with Crippen molar-refractivity contribution < 1.29 is 19.4 Å². The lowest BCUT2D eigenvalue weighted by Crippen LogP contribution is -2.31. The van der Waals surface area contributed by atoms with Crippen LogP contribution in [-0.4, -0.2) is 36.6 Å². The Hall–Kier alpha value is -0.650. The van der Waals surface area contributed by atoms with Crippen LogP contribution in [0.2, 0.25) is 0 Å². The first kappa shape index (κ1) is 11.4. The second-order valence-corrected chi connectivity index (χ2v) is 3.40. The van der Waals surface area contributed by atoms with Crippen LogP contribution in [0, 0.1) is 0 Å². The van der Waals surface area contributed by atoms with Gasteiger partial charge >= 0.3 is 5.97 Å². The Bertz CT molecular complexity index is 180. The van der Waals surface area contributed by atoms with Crippen molar-refractivity contribution in [1.29, 1.82) is 0 Å². The predicted octanol–water partition coefficient (Wildman–Crippen LogP) is 0.332. The van der Waals surface area contributed by atoms with Crippen molar-refractivity contribution in [3.63, 3.8) is 0 Å². The number of carboxylic acids is 1. The van der Waals surface area contributed by atoms with Crippen LogP contribution < -0.4 is 5.73 Å². The lowest BCUT2D eigenvalue weighted by molar-refractivity contribution is -0.181. The molecule has 1 aliphatic heterocycles. The zero-order valence-corrected chi connectivity index (χ0v) is 8.15. The maximum absolute atomic E-state index is 10.4. The molecule has 1 aliphatic rings. The zero-order valence-electron chi connectivity index (χ0n) is 8.15. The Morgan fingerprint density at radius 3 is 2.71 bits per heavy atom. The Morgan fingerprint density at radius 2 is 2.14 bits per heavy atom. The molecule has 0 aromatic heterocycles. The van der Waals surface area contributed by atoms with Crippen LogP contribution in [0.1, 0.15) is 25.7 Å². The van der Waals surface area contributed by atoms with Crippen LogP contribution in [0.5, 0.6) is 0 Å². The van der Waals surface area contributed by atoms with Crippen LogP contribution in [0.25, 0.3) is 0 Å². The molecule has 0 aromatic carbocycles. The van der Waals surface area contributed by atoms with Crippen molar-refractivity contribution in [2.24, 2.45) is 5.73 Å². The second-order valence-electron chi connectivity index (χ2n) is 3.40. The van der Waals surface area contributed by atoms with E-state index in [1.165, 1.54) is 0 Å². The minimum atomic E-state index is -0.949. The highest BCUT2D eigenvalue weighted by Crippen LogP contribution is 2.12. The lowest BCUT2D eigenvalue weighted by atomic mass is 10.1. The SMILES string of the molecule is N[C@@H](CCCC1OCCCO1)C(=O)O. The molecule has 0 amide bonds. The van der Waals surface area contributed by atoms with Crippen LogP contribution in [0.15, 0.2) is 0 Å². The number of carbonyl (C=O) groups is 1. The van der Waals surface area contributed by atoms with E-state index in [1.807, 2.05) is 0 Å². The summed E-state index contributed by atoms with van der Waals surface area (Å²) in [6.45, 7) is 1.46. The van der Waals surface area contributed by atoms with E-state index in [0.29, 0.717) is 6.42 Å². The Labute approximate surface area is 83.2 Å². The molecule has 14 heavy (non-hydrogen) atoms. The summed E-state index contributed by atoms with van der Waals surface area (Å²) in [5, 5.41) is 8.53. The number of hydrogen-bond acceptors (Lipinski definition) is 4. The van der Waals surface area contributed by atoms with Gasteiger partial charge in [-0.3, -0.25) is 4.79 Å². The van der Waals surface area contributed by atoms with Crippen LogP contribution in [-0.2, 0) is 14.3 Å². The summed E-state index contributed by atoms with van der Waals surface area (Å²) in [7, 11) is 0. The molecule has 0 aliphatic carbocycles. The molecule has 1 atom stereocenters. The molecule has 1 rings (SSSR count). The highest BCUT2D eigenvalue weighted by molar-refractivity contribution is 5.72. The molecule has 82 valence electrons. The molecule has 5 heteroatoms. The molecule has 3 N–H and O–H groups in total. The van der Waals surface area contributed by atoms with Gasteiger partial charge in [0.25, 0.3) is 0 Å². The van der Waals surface area contributed by atoms with Crippen molar-refractivity contribution in [2.75, 3.05) is 13.2 Å². The van der Waals surface area contributed by atoms with Crippen molar-refractivity contribution in [2.45, 2.75) is 38.0 Å². The van der Waals surface area contributed by atoms with Gasteiger partial charge in [-0.2, -0.15) is 0 Å². The predicted molar refractivity (Wildman–Crippen MR) is 49.8 cm³/mol. The van der Waals surface area contributed by atoms with E-state index in [9.17, 15) is 4.79 Å². The number of rotatable bonds is 5. The normalized spacial score (nSPS) is 20.6. The largest absolute Gasteiger partial charge is 0.480 e. The summed E-state index contributed by atoms with van der Waals surface area (Å²) in [5.74, 6) is -0.949. The number of ether oxygens (including phenoxy) is 2. The molecular weight excluding hydrogens is 186 g/mol. The van der Waals surface area contributed by atoms with E-state index in [-0.39, 0.29) is 6.29 Å². The van der Waals surface area contributed by atoms with E-state index in [4.69, 9.17) is 20.3 Å². The van der Waals surface area contributed by atoms with Gasteiger partial charge in [0.05, 0.1) is 13.2 Å². The van der Waals surface area contributed by atoms with Gasteiger partial charge in [-0.25, -0.2) is 0 Å². The highest BCUT2D eigenvalue weighted by atomic mass is 16.7. The molecule has 0 spiro atoms. The Balaban J connectivity index is 2.05. The molecule has 0 aromatic rings. The molecule has 5 nitrogen and oxygen atoms in total. The van der Waals surface area contributed by atoms with Crippen molar-refractivity contribution in [3.05, 3.63) is 0 Å². The number of hydrogen-bond donors (Lipinski definition) is 2. The monoisotopic (exact) mass is 203 g/mol. The van der Waals surface area contributed by atoms with Crippen LogP contribution in [0.4, 0.5) is 0 Å². The quantitative estimate of drug-likeness (QED) is 0.673. The molecule has 1 fully saturated rings. The molecule has 0 radical (unpaired) electrons. The second kappa shape index (κ2) is 5.95. The molecule has 0 saturated carbocycles. The average molecular weight is 203 g/mol. The van der Waals surface area contributed by atoms with Crippen LogP contribution >= 0.6 is 0 Å². The third-order valence-corrected chi connectivity index (χ3v) is 2.17. The summed E-state index contributed by atoms with van der Waals surface area (Å²) in [4.78, 5) is 10.4. The number of nitrogens with two attached hydrogens (primary N) is 1. The first-order valence-electron chi connectivity index (χ1n) is 4.91. The number of aliphatic carboxylic acids is 1. The first-order chi connectivity index (χ1) is 6.70. The van der Waals surface area contributed by atoms with Crippen molar-refractivity contribution >= 4 is 5.97 Å².